The quantitative estimate of drug-likeness (QED) is 0.630. The molecule has 1 aromatic heterocycles. The third-order valence-corrected chi connectivity index (χ3v) is 7.57. The van der Waals surface area contributed by atoms with Gasteiger partial charge < -0.3 is 4.42 Å². The fraction of sp³-hybridized carbons (Fsp3) is 0.348. The fourth-order valence-electron chi connectivity index (χ4n) is 3.79. The van der Waals surface area contributed by atoms with Crippen molar-refractivity contribution in [2.75, 3.05) is 18.4 Å². The summed E-state index contributed by atoms with van der Waals surface area (Å²) in [6, 6.07) is 12.7. The fourth-order valence-corrected chi connectivity index (χ4v) is 5.31. The van der Waals surface area contributed by atoms with Crippen LogP contribution in [0.4, 0.5) is 6.01 Å². The Balaban J connectivity index is 1.46. The van der Waals surface area contributed by atoms with Crippen LogP contribution in [-0.4, -0.2) is 41.9 Å². The number of hydrogen-bond acceptors (Lipinski definition) is 6. The molecule has 2 aromatic carbocycles. The molecule has 1 aliphatic rings. The Morgan fingerprint density at radius 3 is 2.53 bits per heavy atom. The first-order chi connectivity index (χ1) is 15.2. The number of amides is 1. The van der Waals surface area contributed by atoms with E-state index < -0.39 is 15.9 Å². The van der Waals surface area contributed by atoms with Gasteiger partial charge in [-0.1, -0.05) is 40.5 Å². The van der Waals surface area contributed by atoms with Gasteiger partial charge in [-0.25, -0.2) is 8.42 Å². The van der Waals surface area contributed by atoms with Crippen LogP contribution in [-0.2, 0) is 14.8 Å². The van der Waals surface area contributed by atoms with Gasteiger partial charge in [-0.2, -0.15) is 4.31 Å². The second kappa shape index (κ2) is 8.84. The van der Waals surface area contributed by atoms with Crippen molar-refractivity contribution in [1.82, 2.24) is 14.5 Å². The van der Waals surface area contributed by atoms with Crippen LogP contribution in [0.15, 0.2) is 51.8 Å². The number of anilines is 1. The van der Waals surface area contributed by atoms with Gasteiger partial charge >= 0.3 is 6.01 Å². The standard InChI is InChI=1S/C23H26N4O4S/c1-15-7-10-19(11-8-15)32(29,30)27-12-4-5-18(14-27)21(28)24-23-26-25-22(31-23)20-13-16(2)6-9-17(20)3/h6-11,13,18H,4-5,12,14H2,1-3H3,(H,24,26,28). The molecule has 1 atom stereocenters. The van der Waals surface area contributed by atoms with Crippen LogP contribution in [0.2, 0.25) is 0 Å². The van der Waals surface area contributed by atoms with Crippen molar-refractivity contribution in [2.45, 2.75) is 38.5 Å². The lowest BCUT2D eigenvalue weighted by Gasteiger charge is -2.30. The van der Waals surface area contributed by atoms with Gasteiger partial charge in [0.25, 0.3) is 0 Å². The summed E-state index contributed by atoms with van der Waals surface area (Å²) in [6.45, 7) is 6.32. The van der Waals surface area contributed by atoms with E-state index in [4.69, 9.17) is 4.42 Å². The van der Waals surface area contributed by atoms with Crippen LogP contribution in [0.1, 0.15) is 29.5 Å². The minimum atomic E-state index is -3.66. The first-order valence-electron chi connectivity index (χ1n) is 10.5. The number of carbonyl (C=O) groups excluding carboxylic acids is 1. The Bertz CT molecular complexity index is 1240. The lowest BCUT2D eigenvalue weighted by Crippen LogP contribution is -2.43. The SMILES string of the molecule is Cc1ccc(S(=O)(=O)N2CCCC(C(=O)Nc3nnc(-c4cc(C)ccc4C)o3)C2)cc1. The number of aryl methyl sites for hydroxylation is 3. The Labute approximate surface area is 187 Å². The third kappa shape index (κ3) is 4.58. The molecule has 1 fully saturated rings. The summed E-state index contributed by atoms with van der Waals surface area (Å²) in [5.74, 6) is -0.501. The van der Waals surface area contributed by atoms with E-state index in [0.29, 0.717) is 25.3 Å². The minimum absolute atomic E-state index is 0.00409. The van der Waals surface area contributed by atoms with Crippen molar-refractivity contribution >= 4 is 21.9 Å². The second-order valence-electron chi connectivity index (χ2n) is 8.24. The van der Waals surface area contributed by atoms with E-state index in [1.54, 1.807) is 24.3 Å². The average Bonchev–Trinajstić information content (AvgIpc) is 3.24. The zero-order valence-corrected chi connectivity index (χ0v) is 19.1. The summed E-state index contributed by atoms with van der Waals surface area (Å²) in [6.07, 6.45) is 1.19. The predicted molar refractivity (Wildman–Crippen MR) is 120 cm³/mol. The van der Waals surface area contributed by atoms with Crippen molar-refractivity contribution in [3.05, 3.63) is 59.2 Å². The van der Waals surface area contributed by atoms with Gasteiger partial charge in [0, 0.05) is 18.7 Å². The molecule has 3 aromatic rings. The van der Waals surface area contributed by atoms with Gasteiger partial charge in [-0.15, -0.1) is 5.10 Å². The van der Waals surface area contributed by atoms with E-state index in [-0.39, 0.29) is 23.4 Å². The van der Waals surface area contributed by atoms with E-state index in [0.717, 1.165) is 22.3 Å². The molecule has 1 N–H and O–H groups in total. The second-order valence-corrected chi connectivity index (χ2v) is 10.2. The van der Waals surface area contributed by atoms with E-state index >= 15 is 0 Å². The molecule has 0 aliphatic carbocycles. The topological polar surface area (TPSA) is 105 Å². The molecule has 32 heavy (non-hydrogen) atoms. The normalized spacial score (nSPS) is 17.3. The van der Waals surface area contributed by atoms with E-state index in [2.05, 4.69) is 15.5 Å². The molecule has 1 unspecified atom stereocenters. The van der Waals surface area contributed by atoms with E-state index in [9.17, 15) is 13.2 Å². The number of sulfonamides is 1. The maximum Gasteiger partial charge on any atom is 0.322 e. The molecule has 0 radical (unpaired) electrons. The summed E-state index contributed by atoms with van der Waals surface area (Å²) < 4.78 is 33.0. The van der Waals surface area contributed by atoms with Gasteiger partial charge in [0.1, 0.15) is 0 Å². The summed E-state index contributed by atoms with van der Waals surface area (Å²) in [7, 11) is -3.66. The first kappa shape index (κ1) is 22.2. The molecule has 0 saturated carbocycles. The number of hydrogen-bond donors (Lipinski definition) is 1. The summed E-state index contributed by atoms with van der Waals surface area (Å²) >= 11 is 0. The maximum atomic E-state index is 13.0. The van der Waals surface area contributed by atoms with Gasteiger partial charge in [-0.3, -0.25) is 10.1 Å². The molecular formula is C23H26N4O4S. The largest absolute Gasteiger partial charge is 0.403 e. The number of nitrogens with one attached hydrogen (secondary N) is 1. The van der Waals surface area contributed by atoms with Crippen LogP contribution in [0.3, 0.4) is 0 Å². The van der Waals surface area contributed by atoms with Crippen LogP contribution < -0.4 is 5.32 Å². The summed E-state index contributed by atoms with van der Waals surface area (Å²) in [4.78, 5) is 13.1. The summed E-state index contributed by atoms with van der Waals surface area (Å²) in [5, 5.41) is 10.6. The van der Waals surface area contributed by atoms with Crippen LogP contribution in [0, 0.1) is 26.7 Å². The Morgan fingerprint density at radius 1 is 1.06 bits per heavy atom. The lowest BCUT2D eigenvalue weighted by molar-refractivity contribution is -0.121. The predicted octanol–water partition coefficient (Wildman–Crippen LogP) is 3.70. The van der Waals surface area contributed by atoms with Crippen LogP contribution >= 0.6 is 0 Å². The minimum Gasteiger partial charge on any atom is -0.403 e. The molecule has 4 rings (SSSR count). The highest BCUT2D eigenvalue weighted by molar-refractivity contribution is 7.89. The molecule has 1 aliphatic heterocycles. The number of aromatic nitrogens is 2. The molecule has 1 saturated heterocycles. The highest BCUT2D eigenvalue weighted by atomic mass is 32.2. The van der Waals surface area contributed by atoms with E-state index in [1.165, 1.54) is 4.31 Å². The molecular weight excluding hydrogens is 428 g/mol. The molecule has 2 heterocycles. The Morgan fingerprint density at radius 2 is 1.78 bits per heavy atom. The van der Waals surface area contributed by atoms with Crippen molar-refractivity contribution in [1.29, 1.82) is 0 Å². The smallest absolute Gasteiger partial charge is 0.322 e. The van der Waals surface area contributed by atoms with Crippen molar-refractivity contribution in [3.8, 4) is 11.5 Å². The molecule has 8 nitrogen and oxygen atoms in total. The number of nitrogens with zero attached hydrogens (tertiary/aromatic N) is 3. The highest BCUT2D eigenvalue weighted by Gasteiger charge is 2.33. The number of piperidine rings is 1. The van der Waals surface area contributed by atoms with Crippen LogP contribution in [0.25, 0.3) is 11.5 Å². The van der Waals surface area contributed by atoms with Crippen molar-refractivity contribution in [2.24, 2.45) is 5.92 Å². The Hall–Kier alpha value is -3.04. The molecule has 168 valence electrons. The monoisotopic (exact) mass is 454 g/mol. The third-order valence-electron chi connectivity index (χ3n) is 5.69. The summed E-state index contributed by atoms with van der Waals surface area (Å²) in [5.41, 5.74) is 3.85. The first-order valence-corrected chi connectivity index (χ1v) is 12.0. The van der Waals surface area contributed by atoms with Gasteiger partial charge in [0.05, 0.1) is 10.8 Å². The zero-order chi connectivity index (χ0) is 22.9. The molecule has 1 amide bonds. The van der Waals surface area contributed by atoms with Gasteiger partial charge in [0.2, 0.25) is 21.8 Å². The zero-order valence-electron chi connectivity index (χ0n) is 18.3. The number of rotatable bonds is 5. The van der Waals surface area contributed by atoms with Gasteiger partial charge in [0.15, 0.2) is 0 Å². The van der Waals surface area contributed by atoms with Crippen LogP contribution in [0.5, 0.6) is 0 Å². The van der Waals surface area contributed by atoms with Crippen molar-refractivity contribution < 1.29 is 17.6 Å². The number of carbonyl (C=O) groups is 1. The maximum absolute atomic E-state index is 13.0. The van der Waals surface area contributed by atoms with Crippen molar-refractivity contribution in [3.63, 3.8) is 0 Å². The molecule has 0 bridgehead atoms. The highest BCUT2D eigenvalue weighted by Crippen LogP contribution is 2.27. The lowest BCUT2D eigenvalue weighted by atomic mass is 9.99. The Kier molecular flexibility index (Phi) is 6.12. The van der Waals surface area contributed by atoms with Gasteiger partial charge in [-0.05, 0) is 57.4 Å². The molecule has 0 spiro atoms. The average molecular weight is 455 g/mol. The molecule has 9 heteroatoms. The number of benzene rings is 2. The van der Waals surface area contributed by atoms with E-state index in [1.807, 2.05) is 39.0 Å².